The lowest BCUT2D eigenvalue weighted by Crippen LogP contribution is -2.43. The standard InChI is InChI=1S/C11H24N4O2.HI/c1-4-5-6-14-11(12-2)15-9-10(16)13-7-8-17-3;/h4-9H2,1-3H3,(H,13,16)(H2,12,14,15);1H. The van der Waals surface area contributed by atoms with Crippen LogP contribution in [0.1, 0.15) is 19.8 Å². The van der Waals surface area contributed by atoms with E-state index in [-0.39, 0.29) is 36.4 Å². The highest BCUT2D eigenvalue weighted by Crippen LogP contribution is 1.82. The van der Waals surface area contributed by atoms with Gasteiger partial charge in [0, 0.05) is 27.2 Å². The quantitative estimate of drug-likeness (QED) is 0.249. The van der Waals surface area contributed by atoms with Crippen molar-refractivity contribution in [3.63, 3.8) is 0 Å². The van der Waals surface area contributed by atoms with Gasteiger partial charge >= 0.3 is 0 Å². The molecule has 0 aromatic heterocycles. The Kier molecular flexibility index (Phi) is 15.9. The first-order valence-corrected chi connectivity index (χ1v) is 5.94. The van der Waals surface area contributed by atoms with Crippen LogP contribution in [0.15, 0.2) is 4.99 Å². The van der Waals surface area contributed by atoms with Crippen LogP contribution in [-0.4, -0.2) is 52.3 Å². The number of hydrogen-bond donors (Lipinski definition) is 3. The third-order valence-electron chi connectivity index (χ3n) is 2.09. The highest BCUT2D eigenvalue weighted by molar-refractivity contribution is 14.0. The van der Waals surface area contributed by atoms with Crippen molar-refractivity contribution >= 4 is 35.8 Å². The molecule has 0 unspecified atom stereocenters. The van der Waals surface area contributed by atoms with E-state index in [0.717, 1.165) is 19.4 Å². The van der Waals surface area contributed by atoms with Crippen molar-refractivity contribution in [3.8, 4) is 0 Å². The molecule has 0 aromatic rings. The minimum absolute atomic E-state index is 0. The number of carbonyl (C=O) groups excluding carboxylic acids is 1. The van der Waals surface area contributed by atoms with Gasteiger partial charge in [0.05, 0.1) is 13.2 Å². The Morgan fingerprint density at radius 3 is 2.50 bits per heavy atom. The van der Waals surface area contributed by atoms with Crippen LogP contribution in [0, 0.1) is 0 Å². The Morgan fingerprint density at radius 1 is 1.22 bits per heavy atom. The number of aliphatic imine (C=N–C) groups is 1. The first-order chi connectivity index (χ1) is 8.24. The molecule has 0 bridgehead atoms. The molecule has 3 N–H and O–H groups in total. The fraction of sp³-hybridized carbons (Fsp3) is 0.818. The molecule has 0 heterocycles. The molecule has 0 saturated carbocycles. The molecule has 108 valence electrons. The van der Waals surface area contributed by atoms with Gasteiger partial charge in [0.25, 0.3) is 0 Å². The van der Waals surface area contributed by atoms with Crippen LogP contribution in [-0.2, 0) is 9.53 Å². The molecule has 0 rings (SSSR count). The molecule has 6 nitrogen and oxygen atoms in total. The zero-order valence-electron chi connectivity index (χ0n) is 11.4. The van der Waals surface area contributed by atoms with Gasteiger partial charge in [0.2, 0.25) is 5.91 Å². The van der Waals surface area contributed by atoms with Gasteiger partial charge in [-0.05, 0) is 6.42 Å². The number of hydrogen-bond acceptors (Lipinski definition) is 3. The van der Waals surface area contributed by atoms with Gasteiger partial charge in [-0.15, -0.1) is 24.0 Å². The monoisotopic (exact) mass is 372 g/mol. The van der Waals surface area contributed by atoms with Gasteiger partial charge in [-0.1, -0.05) is 13.3 Å². The van der Waals surface area contributed by atoms with Gasteiger partial charge in [0.15, 0.2) is 5.96 Å². The van der Waals surface area contributed by atoms with Crippen molar-refractivity contribution in [1.29, 1.82) is 0 Å². The summed E-state index contributed by atoms with van der Waals surface area (Å²) in [7, 11) is 3.29. The number of nitrogens with one attached hydrogen (secondary N) is 3. The smallest absolute Gasteiger partial charge is 0.239 e. The van der Waals surface area contributed by atoms with Crippen LogP contribution in [0.25, 0.3) is 0 Å². The van der Waals surface area contributed by atoms with Crippen molar-refractivity contribution in [2.75, 3.05) is 40.4 Å². The fourth-order valence-electron chi connectivity index (χ4n) is 1.12. The number of carbonyl (C=O) groups is 1. The topological polar surface area (TPSA) is 74.8 Å². The zero-order chi connectivity index (χ0) is 12.9. The van der Waals surface area contributed by atoms with E-state index >= 15 is 0 Å². The van der Waals surface area contributed by atoms with Crippen LogP contribution >= 0.6 is 24.0 Å². The number of amides is 1. The second kappa shape index (κ2) is 14.5. The summed E-state index contributed by atoms with van der Waals surface area (Å²) in [6, 6.07) is 0. The molecular formula is C11H25IN4O2. The largest absolute Gasteiger partial charge is 0.383 e. The summed E-state index contributed by atoms with van der Waals surface area (Å²) in [5, 5.41) is 8.79. The molecule has 0 aromatic carbocycles. The first-order valence-electron chi connectivity index (χ1n) is 5.94. The van der Waals surface area contributed by atoms with Crippen molar-refractivity contribution in [2.24, 2.45) is 4.99 Å². The van der Waals surface area contributed by atoms with E-state index in [4.69, 9.17) is 4.74 Å². The van der Waals surface area contributed by atoms with Crippen LogP contribution in [0.2, 0.25) is 0 Å². The predicted molar refractivity (Wildman–Crippen MR) is 84.6 cm³/mol. The zero-order valence-corrected chi connectivity index (χ0v) is 13.7. The Hall–Kier alpha value is -0.570. The number of guanidine groups is 1. The lowest BCUT2D eigenvalue weighted by molar-refractivity contribution is -0.120. The summed E-state index contributed by atoms with van der Waals surface area (Å²) >= 11 is 0. The van der Waals surface area contributed by atoms with Gasteiger partial charge in [-0.25, -0.2) is 0 Å². The lowest BCUT2D eigenvalue weighted by Gasteiger charge is -2.11. The Morgan fingerprint density at radius 2 is 1.94 bits per heavy atom. The van der Waals surface area contributed by atoms with Crippen LogP contribution in [0.4, 0.5) is 0 Å². The number of rotatable bonds is 8. The molecular weight excluding hydrogens is 347 g/mol. The number of nitrogens with zero attached hydrogens (tertiary/aromatic N) is 1. The summed E-state index contributed by atoms with van der Waals surface area (Å²) in [5.74, 6) is 0.584. The molecule has 0 aliphatic heterocycles. The Labute approximate surface area is 126 Å². The summed E-state index contributed by atoms with van der Waals surface area (Å²) < 4.78 is 4.83. The summed E-state index contributed by atoms with van der Waals surface area (Å²) in [5.41, 5.74) is 0. The Balaban J connectivity index is 0. The summed E-state index contributed by atoms with van der Waals surface area (Å²) in [6.45, 7) is 4.26. The average Bonchev–Trinajstić information content (AvgIpc) is 2.34. The molecule has 0 radical (unpaired) electrons. The van der Waals surface area contributed by atoms with E-state index in [2.05, 4.69) is 27.9 Å². The molecule has 0 saturated heterocycles. The molecule has 7 heteroatoms. The minimum atomic E-state index is -0.0690. The fourth-order valence-corrected chi connectivity index (χ4v) is 1.12. The molecule has 0 atom stereocenters. The van der Waals surface area contributed by atoms with Crippen molar-refractivity contribution in [3.05, 3.63) is 0 Å². The van der Waals surface area contributed by atoms with Gasteiger partial charge in [0.1, 0.15) is 0 Å². The third-order valence-corrected chi connectivity index (χ3v) is 2.09. The maximum absolute atomic E-state index is 11.4. The number of unbranched alkanes of at least 4 members (excludes halogenated alkanes) is 1. The SMILES string of the molecule is CCCCNC(=NC)NCC(=O)NCCOC.I. The van der Waals surface area contributed by atoms with Crippen molar-refractivity contribution < 1.29 is 9.53 Å². The van der Waals surface area contributed by atoms with Crippen molar-refractivity contribution in [2.45, 2.75) is 19.8 Å². The Bertz CT molecular complexity index is 237. The van der Waals surface area contributed by atoms with Gasteiger partial charge in [-0.2, -0.15) is 0 Å². The first kappa shape index (κ1) is 19.8. The molecule has 0 aliphatic carbocycles. The molecule has 0 fully saturated rings. The van der Waals surface area contributed by atoms with E-state index in [0.29, 0.717) is 19.1 Å². The van der Waals surface area contributed by atoms with E-state index in [1.165, 1.54) is 0 Å². The van der Waals surface area contributed by atoms with Crippen molar-refractivity contribution in [1.82, 2.24) is 16.0 Å². The number of halogens is 1. The highest BCUT2D eigenvalue weighted by atomic mass is 127. The van der Waals surface area contributed by atoms with E-state index in [1.807, 2.05) is 0 Å². The normalized spacial score (nSPS) is 10.5. The van der Waals surface area contributed by atoms with Crippen LogP contribution < -0.4 is 16.0 Å². The predicted octanol–water partition coefficient (Wildman–Crippen LogP) is 0.332. The summed E-state index contributed by atoms with van der Waals surface area (Å²) in [6.07, 6.45) is 2.21. The van der Waals surface area contributed by atoms with Gasteiger partial charge < -0.3 is 20.7 Å². The van der Waals surface area contributed by atoms with Gasteiger partial charge in [-0.3, -0.25) is 9.79 Å². The molecule has 1 amide bonds. The molecule has 0 spiro atoms. The number of methoxy groups -OCH3 is 1. The maximum atomic E-state index is 11.4. The molecule has 0 aliphatic rings. The van der Waals surface area contributed by atoms with E-state index < -0.39 is 0 Å². The average molecular weight is 372 g/mol. The number of ether oxygens (including phenoxy) is 1. The minimum Gasteiger partial charge on any atom is -0.383 e. The third kappa shape index (κ3) is 11.9. The highest BCUT2D eigenvalue weighted by Gasteiger charge is 2.02. The van der Waals surface area contributed by atoms with E-state index in [1.54, 1.807) is 14.2 Å². The van der Waals surface area contributed by atoms with Crippen LogP contribution in [0.5, 0.6) is 0 Å². The van der Waals surface area contributed by atoms with Crippen LogP contribution in [0.3, 0.4) is 0 Å². The van der Waals surface area contributed by atoms with E-state index in [9.17, 15) is 4.79 Å². The molecule has 18 heavy (non-hydrogen) atoms. The maximum Gasteiger partial charge on any atom is 0.239 e. The summed E-state index contributed by atoms with van der Waals surface area (Å²) in [4.78, 5) is 15.4. The lowest BCUT2D eigenvalue weighted by atomic mass is 10.3. The second-order valence-corrected chi connectivity index (χ2v) is 3.55. The second-order valence-electron chi connectivity index (χ2n) is 3.55.